The standard InChI is InChI=1S/C19H19N3O4/c20-16(23)13-3-7-15(8-4-13)26-14-5-1-12(2-6-14)11-22-18(25)19(9-10-19)17(21)24/h1-8H,9-11H2,(H2,20,23)(H2,21,24)(H,22,25). The Morgan fingerprint density at radius 3 is 1.92 bits per heavy atom. The zero-order chi connectivity index (χ0) is 18.7. The fraction of sp³-hybridized carbons (Fsp3) is 0.211. The van der Waals surface area contributed by atoms with Crippen LogP contribution in [0.5, 0.6) is 11.5 Å². The first-order valence-corrected chi connectivity index (χ1v) is 8.15. The molecule has 0 saturated heterocycles. The van der Waals surface area contributed by atoms with E-state index in [-0.39, 0.29) is 5.91 Å². The molecular weight excluding hydrogens is 334 g/mol. The normalized spacial score (nSPS) is 14.3. The van der Waals surface area contributed by atoms with Crippen molar-refractivity contribution in [2.45, 2.75) is 19.4 Å². The summed E-state index contributed by atoms with van der Waals surface area (Å²) in [5.74, 6) is -0.191. The summed E-state index contributed by atoms with van der Waals surface area (Å²) in [5.41, 5.74) is 10.7. The summed E-state index contributed by atoms with van der Waals surface area (Å²) in [5, 5.41) is 2.74. The highest BCUT2D eigenvalue weighted by molar-refractivity contribution is 6.07. The highest BCUT2D eigenvalue weighted by Gasteiger charge is 2.55. The van der Waals surface area contributed by atoms with Gasteiger partial charge in [-0.3, -0.25) is 14.4 Å². The molecule has 3 amide bonds. The molecular formula is C19H19N3O4. The molecule has 0 radical (unpaired) electrons. The van der Waals surface area contributed by atoms with Crippen LogP contribution in [0.25, 0.3) is 0 Å². The van der Waals surface area contributed by atoms with Crippen molar-refractivity contribution in [3.63, 3.8) is 0 Å². The predicted molar refractivity (Wildman–Crippen MR) is 94.2 cm³/mol. The number of hydrogen-bond donors (Lipinski definition) is 3. The molecule has 7 heteroatoms. The lowest BCUT2D eigenvalue weighted by molar-refractivity contribution is -0.135. The van der Waals surface area contributed by atoms with Crippen molar-refractivity contribution in [1.29, 1.82) is 0 Å². The number of amides is 3. The van der Waals surface area contributed by atoms with Crippen molar-refractivity contribution in [3.8, 4) is 11.5 Å². The Morgan fingerprint density at radius 1 is 0.923 bits per heavy atom. The van der Waals surface area contributed by atoms with Gasteiger partial charge >= 0.3 is 0 Å². The van der Waals surface area contributed by atoms with E-state index in [1.165, 1.54) is 0 Å². The zero-order valence-corrected chi connectivity index (χ0v) is 14.0. The van der Waals surface area contributed by atoms with Crippen LogP contribution in [0.1, 0.15) is 28.8 Å². The third kappa shape index (κ3) is 3.66. The molecule has 0 aromatic heterocycles. The first kappa shape index (κ1) is 17.5. The van der Waals surface area contributed by atoms with Gasteiger partial charge in [-0.15, -0.1) is 0 Å². The molecule has 0 aliphatic heterocycles. The van der Waals surface area contributed by atoms with E-state index in [1.54, 1.807) is 36.4 Å². The summed E-state index contributed by atoms with van der Waals surface area (Å²) in [6.07, 6.45) is 1.02. The maximum absolute atomic E-state index is 12.1. The topological polar surface area (TPSA) is 125 Å². The number of benzene rings is 2. The third-order valence-electron chi connectivity index (χ3n) is 4.41. The maximum atomic E-state index is 12.1. The molecule has 2 aromatic rings. The fourth-order valence-electron chi connectivity index (χ4n) is 2.56. The fourth-order valence-corrected chi connectivity index (χ4v) is 2.56. The average Bonchev–Trinajstić information content (AvgIpc) is 3.43. The minimum absolute atomic E-state index is 0.307. The molecule has 5 N–H and O–H groups in total. The minimum atomic E-state index is -1.01. The van der Waals surface area contributed by atoms with E-state index in [4.69, 9.17) is 16.2 Å². The van der Waals surface area contributed by atoms with Gasteiger partial charge in [0.25, 0.3) is 0 Å². The molecule has 1 fully saturated rings. The lowest BCUT2D eigenvalue weighted by Crippen LogP contribution is -2.40. The van der Waals surface area contributed by atoms with E-state index in [0.29, 0.717) is 36.4 Å². The van der Waals surface area contributed by atoms with Gasteiger partial charge in [-0.05, 0) is 54.8 Å². The average molecular weight is 353 g/mol. The number of carbonyl (C=O) groups excluding carboxylic acids is 3. The second kappa shape index (κ2) is 6.87. The second-order valence-electron chi connectivity index (χ2n) is 6.26. The Kier molecular flexibility index (Phi) is 4.62. The van der Waals surface area contributed by atoms with Gasteiger partial charge in [0.1, 0.15) is 16.9 Å². The van der Waals surface area contributed by atoms with Crippen molar-refractivity contribution < 1.29 is 19.1 Å². The monoisotopic (exact) mass is 353 g/mol. The number of nitrogens with two attached hydrogens (primary N) is 2. The molecule has 2 aromatic carbocycles. The molecule has 0 spiro atoms. The van der Waals surface area contributed by atoms with Crippen LogP contribution in [-0.2, 0) is 16.1 Å². The number of ether oxygens (including phenoxy) is 1. The summed E-state index contributed by atoms with van der Waals surface area (Å²) in [4.78, 5) is 34.4. The Morgan fingerprint density at radius 2 is 1.46 bits per heavy atom. The van der Waals surface area contributed by atoms with Gasteiger partial charge in [-0.25, -0.2) is 0 Å². The summed E-state index contributed by atoms with van der Waals surface area (Å²) in [6, 6.07) is 13.7. The van der Waals surface area contributed by atoms with Gasteiger partial charge < -0.3 is 21.5 Å². The van der Waals surface area contributed by atoms with Crippen LogP contribution in [0.3, 0.4) is 0 Å². The molecule has 1 aliphatic rings. The van der Waals surface area contributed by atoms with Crippen LogP contribution in [0, 0.1) is 5.41 Å². The van der Waals surface area contributed by atoms with E-state index >= 15 is 0 Å². The van der Waals surface area contributed by atoms with Crippen LogP contribution < -0.4 is 21.5 Å². The van der Waals surface area contributed by atoms with Crippen LogP contribution in [0.15, 0.2) is 48.5 Å². The summed E-state index contributed by atoms with van der Waals surface area (Å²) in [7, 11) is 0. The third-order valence-corrected chi connectivity index (χ3v) is 4.41. The van der Waals surface area contributed by atoms with Crippen molar-refractivity contribution in [2.24, 2.45) is 16.9 Å². The zero-order valence-electron chi connectivity index (χ0n) is 14.0. The van der Waals surface area contributed by atoms with Gasteiger partial charge in [-0.2, -0.15) is 0 Å². The Hall–Kier alpha value is -3.35. The Balaban J connectivity index is 1.56. The van der Waals surface area contributed by atoms with Crippen LogP contribution in [0.4, 0.5) is 0 Å². The molecule has 0 bridgehead atoms. The van der Waals surface area contributed by atoms with E-state index in [2.05, 4.69) is 5.32 Å². The molecule has 3 rings (SSSR count). The molecule has 134 valence electrons. The number of nitrogens with one attached hydrogen (secondary N) is 1. The number of hydrogen-bond acceptors (Lipinski definition) is 4. The maximum Gasteiger partial charge on any atom is 0.248 e. The molecule has 1 aliphatic carbocycles. The van der Waals surface area contributed by atoms with Crippen LogP contribution in [-0.4, -0.2) is 17.7 Å². The molecule has 0 atom stereocenters. The van der Waals surface area contributed by atoms with Gasteiger partial charge in [0, 0.05) is 12.1 Å². The SMILES string of the molecule is NC(=O)c1ccc(Oc2ccc(CNC(=O)C3(C(N)=O)CC3)cc2)cc1. The van der Waals surface area contributed by atoms with Crippen molar-refractivity contribution in [3.05, 3.63) is 59.7 Å². The molecule has 7 nitrogen and oxygen atoms in total. The Bertz CT molecular complexity index is 840. The smallest absolute Gasteiger partial charge is 0.248 e. The number of primary amides is 2. The minimum Gasteiger partial charge on any atom is -0.457 e. The summed E-state index contributed by atoms with van der Waals surface area (Å²) >= 11 is 0. The van der Waals surface area contributed by atoms with Crippen LogP contribution in [0.2, 0.25) is 0 Å². The van der Waals surface area contributed by atoms with E-state index < -0.39 is 17.2 Å². The quantitative estimate of drug-likeness (QED) is 0.652. The van der Waals surface area contributed by atoms with E-state index in [0.717, 1.165) is 5.56 Å². The van der Waals surface area contributed by atoms with Crippen LogP contribution >= 0.6 is 0 Å². The van der Waals surface area contributed by atoms with Gasteiger partial charge in [0.2, 0.25) is 17.7 Å². The second-order valence-corrected chi connectivity index (χ2v) is 6.26. The Labute approximate surface area is 150 Å². The lowest BCUT2D eigenvalue weighted by Gasteiger charge is -2.12. The lowest BCUT2D eigenvalue weighted by atomic mass is 10.1. The predicted octanol–water partition coefficient (Wildman–Crippen LogP) is 1.46. The molecule has 26 heavy (non-hydrogen) atoms. The van der Waals surface area contributed by atoms with Crippen molar-refractivity contribution in [1.82, 2.24) is 5.32 Å². The first-order chi connectivity index (χ1) is 12.4. The number of carbonyl (C=O) groups is 3. The van der Waals surface area contributed by atoms with E-state index in [1.807, 2.05) is 12.1 Å². The molecule has 0 unspecified atom stereocenters. The molecule has 1 saturated carbocycles. The van der Waals surface area contributed by atoms with E-state index in [9.17, 15) is 14.4 Å². The highest BCUT2D eigenvalue weighted by atomic mass is 16.5. The first-order valence-electron chi connectivity index (χ1n) is 8.15. The van der Waals surface area contributed by atoms with Crippen molar-refractivity contribution >= 4 is 17.7 Å². The highest BCUT2D eigenvalue weighted by Crippen LogP contribution is 2.45. The summed E-state index contributed by atoms with van der Waals surface area (Å²) < 4.78 is 5.69. The largest absolute Gasteiger partial charge is 0.457 e. The van der Waals surface area contributed by atoms with Gasteiger partial charge in [-0.1, -0.05) is 12.1 Å². The molecule has 0 heterocycles. The van der Waals surface area contributed by atoms with Crippen molar-refractivity contribution in [2.75, 3.05) is 0 Å². The van der Waals surface area contributed by atoms with Gasteiger partial charge in [0.15, 0.2) is 0 Å². The summed E-state index contributed by atoms with van der Waals surface area (Å²) in [6.45, 7) is 0.307. The van der Waals surface area contributed by atoms with Gasteiger partial charge in [0.05, 0.1) is 0 Å². The number of rotatable bonds is 7.